The molecule has 1 aromatic rings. The van der Waals surface area contributed by atoms with Crippen LogP contribution in [0.25, 0.3) is 6.08 Å². The molecule has 1 fully saturated rings. The minimum atomic E-state index is -0.935. The molecule has 0 aliphatic carbocycles. The lowest BCUT2D eigenvalue weighted by Gasteiger charge is -2.31. The van der Waals surface area contributed by atoms with E-state index in [9.17, 15) is 4.79 Å². The second-order valence-corrected chi connectivity index (χ2v) is 5.70. The minimum Gasteiger partial charge on any atom is -0.478 e. The Hall–Kier alpha value is -1.48. The number of nitrogens with zero attached hydrogens (tertiary/aromatic N) is 1. The van der Waals surface area contributed by atoms with Gasteiger partial charge in [-0.2, -0.15) is 0 Å². The molecule has 0 bridgehead atoms. The Morgan fingerprint density at radius 3 is 2.95 bits per heavy atom. The maximum absolute atomic E-state index is 10.7. The van der Waals surface area contributed by atoms with Crippen molar-refractivity contribution in [3.63, 3.8) is 0 Å². The third-order valence-electron chi connectivity index (χ3n) is 3.76. The summed E-state index contributed by atoms with van der Waals surface area (Å²) in [4.78, 5) is 13.1. The first-order valence-corrected chi connectivity index (χ1v) is 7.43. The Morgan fingerprint density at radius 1 is 1.40 bits per heavy atom. The predicted molar refractivity (Wildman–Crippen MR) is 83.4 cm³/mol. The van der Waals surface area contributed by atoms with Crippen molar-refractivity contribution in [2.45, 2.75) is 38.6 Å². The van der Waals surface area contributed by atoms with Gasteiger partial charge in [0, 0.05) is 29.4 Å². The highest BCUT2D eigenvalue weighted by molar-refractivity contribution is 6.31. The van der Waals surface area contributed by atoms with Crippen molar-refractivity contribution in [1.29, 1.82) is 0 Å². The number of hydrogen-bond donors (Lipinski definition) is 1. The van der Waals surface area contributed by atoms with E-state index in [0.717, 1.165) is 24.2 Å². The summed E-state index contributed by atoms with van der Waals surface area (Å²) >= 11 is 6.12. The molecule has 0 aromatic heterocycles. The van der Waals surface area contributed by atoms with E-state index in [1.165, 1.54) is 25.3 Å². The number of benzene rings is 1. The van der Waals surface area contributed by atoms with E-state index in [1.807, 2.05) is 12.1 Å². The highest BCUT2D eigenvalue weighted by Crippen LogP contribution is 2.30. The molecule has 1 aromatic carbocycles. The summed E-state index contributed by atoms with van der Waals surface area (Å²) < 4.78 is 0. The number of anilines is 1. The molecular formula is C16H20ClNO2. The Morgan fingerprint density at radius 2 is 2.20 bits per heavy atom. The molecule has 0 spiro atoms. The number of aliphatic carboxylic acids is 1. The van der Waals surface area contributed by atoms with Crippen molar-refractivity contribution < 1.29 is 9.90 Å². The molecule has 3 nitrogen and oxygen atoms in total. The maximum Gasteiger partial charge on any atom is 0.328 e. The van der Waals surface area contributed by atoms with Crippen molar-refractivity contribution in [1.82, 2.24) is 0 Å². The molecule has 1 aliphatic heterocycles. The first kappa shape index (κ1) is 14.9. The van der Waals surface area contributed by atoms with Gasteiger partial charge >= 0.3 is 5.97 Å². The number of carbonyl (C=O) groups is 1. The van der Waals surface area contributed by atoms with E-state index in [0.29, 0.717) is 11.1 Å². The van der Waals surface area contributed by atoms with E-state index in [2.05, 4.69) is 11.8 Å². The molecule has 108 valence electrons. The van der Waals surface area contributed by atoms with Crippen molar-refractivity contribution in [2.24, 2.45) is 0 Å². The minimum absolute atomic E-state index is 0.452. The van der Waals surface area contributed by atoms with E-state index < -0.39 is 5.97 Å². The van der Waals surface area contributed by atoms with Crippen LogP contribution in [0.2, 0.25) is 5.02 Å². The average molecular weight is 294 g/mol. The van der Waals surface area contributed by atoms with E-state index in [-0.39, 0.29) is 0 Å². The lowest BCUT2D eigenvalue weighted by molar-refractivity contribution is -0.131. The van der Waals surface area contributed by atoms with Gasteiger partial charge in [0.25, 0.3) is 0 Å². The zero-order chi connectivity index (χ0) is 14.5. The summed E-state index contributed by atoms with van der Waals surface area (Å²) in [6.07, 6.45) is 7.65. The Kier molecular flexibility index (Phi) is 5.07. The lowest BCUT2D eigenvalue weighted by atomic mass is 10.1. The van der Waals surface area contributed by atoms with Crippen molar-refractivity contribution in [3.05, 3.63) is 34.9 Å². The van der Waals surface area contributed by atoms with E-state index >= 15 is 0 Å². The van der Waals surface area contributed by atoms with Gasteiger partial charge in [0.05, 0.1) is 0 Å². The monoisotopic (exact) mass is 293 g/mol. The third kappa shape index (κ3) is 3.76. The highest BCUT2D eigenvalue weighted by atomic mass is 35.5. The van der Waals surface area contributed by atoms with Gasteiger partial charge in [-0.1, -0.05) is 30.5 Å². The van der Waals surface area contributed by atoms with E-state index in [4.69, 9.17) is 16.7 Å². The quantitative estimate of drug-likeness (QED) is 0.849. The molecule has 4 heteroatoms. The molecule has 1 heterocycles. The predicted octanol–water partition coefficient (Wildman–Crippen LogP) is 4.21. The Labute approximate surface area is 124 Å². The molecule has 1 N–H and O–H groups in total. The standard InChI is InChI=1S/C16H20ClNO2/c1-12-5-3-2-4-10-18(12)15-11-14(17)8-6-13(15)7-9-16(19)20/h6-9,11-12H,2-5,10H2,1H3,(H,19,20)/b9-7+. The number of halogens is 1. The summed E-state index contributed by atoms with van der Waals surface area (Å²) in [5.41, 5.74) is 1.94. The molecule has 1 aliphatic rings. The van der Waals surface area contributed by atoms with Gasteiger partial charge in [0.2, 0.25) is 0 Å². The number of rotatable bonds is 3. The summed E-state index contributed by atoms with van der Waals surface area (Å²) in [6, 6.07) is 6.07. The topological polar surface area (TPSA) is 40.5 Å². The second kappa shape index (κ2) is 6.80. The largest absolute Gasteiger partial charge is 0.478 e. The molecule has 1 saturated heterocycles. The zero-order valence-electron chi connectivity index (χ0n) is 11.7. The smallest absolute Gasteiger partial charge is 0.328 e. The van der Waals surface area contributed by atoms with Crippen LogP contribution in [0, 0.1) is 0 Å². The molecule has 1 atom stereocenters. The van der Waals surface area contributed by atoms with Crippen LogP contribution < -0.4 is 4.90 Å². The molecule has 1 unspecified atom stereocenters. The van der Waals surface area contributed by atoms with Crippen LogP contribution in [0.1, 0.15) is 38.2 Å². The van der Waals surface area contributed by atoms with Crippen LogP contribution >= 0.6 is 11.6 Å². The number of carboxylic acids is 1. The van der Waals surface area contributed by atoms with Gasteiger partial charge in [-0.15, -0.1) is 0 Å². The van der Waals surface area contributed by atoms with Crippen LogP contribution in [0.3, 0.4) is 0 Å². The van der Waals surface area contributed by atoms with Crippen molar-refractivity contribution >= 4 is 29.3 Å². The molecule has 2 rings (SSSR count). The summed E-state index contributed by atoms with van der Waals surface area (Å²) in [5.74, 6) is -0.935. The first-order chi connectivity index (χ1) is 9.58. The molecule has 0 amide bonds. The normalized spacial score (nSPS) is 20.1. The van der Waals surface area contributed by atoms with Gasteiger partial charge in [0.1, 0.15) is 0 Å². The fraction of sp³-hybridized carbons (Fsp3) is 0.438. The van der Waals surface area contributed by atoms with Gasteiger partial charge in [-0.05, 0) is 43.5 Å². The number of hydrogen-bond acceptors (Lipinski definition) is 2. The molecule has 0 saturated carbocycles. The second-order valence-electron chi connectivity index (χ2n) is 5.27. The van der Waals surface area contributed by atoms with Crippen molar-refractivity contribution in [3.8, 4) is 0 Å². The first-order valence-electron chi connectivity index (χ1n) is 7.05. The fourth-order valence-corrected chi connectivity index (χ4v) is 2.87. The van der Waals surface area contributed by atoms with Gasteiger partial charge < -0.3 is 10.0 Å². The summed E-state index contributed by atoms with van der Waals surface area (Å²) in [6.45, 7) is 3.21. The maximum atomic E-state index is 10.7. The average Bonchev–Trinajstić information content (AvgIpc) is 2.61. The molecule has 20 heavy (non-hydrogen) atoms. The third-order valence-corrected chi connectivity index (χ3v) is 4.00. The van der Waals surface area contributed by atoms with Gasteiger partial charge in [-0.25, -0.2) is 4.79 Å². The van der Waals surface area contributed by atoms with Crippen LogP contribution in [0.5, 0.6) is 0 Å². The SMILES string of the molecule is CC1CCCCCN1c1cc(Cl)ccc1/C=C/C(=O)O. The fourth-order valence-electron chi connectivity index (χ4n) is 2.70. The van der Waals surface area contributed by atoms with Crippen LogP contribution in [0.4, 0.5) is 5.69 Å². The number of carboxylic acid groups (broad SMARTS) is 1. The van der Waals surface area contributed by atoms with E-state index in [1.54, 1.807) is 12.1 Å². The summed E-state index contributed by atoms with van der Waals surface area (Å²) in [5, 5.41) is 9.49. The highest BCUT2D eigenvalue weighted by Gasteiger charge is 2.19. The molecular weight excluding hydrogens is 274 g/mol. The van der Waals surface area contributed by atoms with Crippen molar-refractivity contribution in [2.75, 3.05) is 11.4 Å². The van der Waals surface area contributed by atoms with Crippen LogP contribution in [-0.4, -0.2) is 23.7 Å². The lowest BCUT2D eigenvalue weighted by Crippen LogP contribution is -2.32. The molecule has 0 radical (unpaired) electrons. The Bertz CT molecular complexity index is 513. The van der Waals surface area contributed by atoms with Crippen LogP contribution in [0.15, 0.2) is 24.3 Å². The Balaban J connectivity index is 2.36. The van der Waals surface area contributed by atoms with Gasteiger partial charge in [-0.3, -0.25) is 0 Å². The summed E-state index contributed by atoms with van der Waals surface area (Å²) in [7, 11) is 0. The zero-order valence-corrected chi connectivity index (χ0v) is 12.4. The van der Waals surface area contributed by atoms with Gasteiger partial charge in [0.15, 0.2) is 0 Å². The van der Waals surface area contributed by atoms with Crippen LogP contribution in [-0.2, 0) is 4.79 Å².